The lowest BCUT2D eigenvalue weighted by Crippen LogP contribution is -2.45. The van der Waals surface area contributed by atoms with Gasteiger partial charge in [-0.25, -0.2) is 9.59 Å². The number of hydrogen-bond donors (Lipinski definition) is 1. The number of benzene rings is 2. The molecule has 0 saturated carbocycles. The Labute approximate surface area is 202 Å². The van der Waals surface area contributed by atoms with E-state index in [2.05, 4.69) is 5.32 Å². The van der Waals surface area contributed by atoms with E-state index in [9.17, 15) is 14.4 Å². The Hall–Kier alpha value is -2.62. The van der Waals surface area contributed by atoms with Crippen LogP contribution in [0, 0.1) is 0 Å². The van der Waals surface area contributed by atoms with Gasteiger partial charge in [0.25, 0.3) is 0 Å². The second-order valence-corrected chi connectivity index (χ2v) is 8.74. The predicted molar refractivity (Wildman–Crippen MR) is 128 cm³/mol. The molecule has 0 aliphatic heterocycles. The molecule has 0 unspecified atom stereocenters. The number of carbonyl (C=O) groups is 3. The van der Waals surface area contributed by atoms with Crippen molar-refractivity contribution in [3.63, 3.8) is 0 Å². The molecule has 0 saturated heterocycles. The predicted octanol–water partition coefficient (Wildman–Crippen LogP) is 4.34. The Balaban J connectivity index is 2.06. The van der Waals surface area contributed by atoms with Crippen molar-refractivity contribution >= 4 is 40.6 Å². The van der Waals surface area contributed by atoms with Gasteiger partial charge in [0.2, 0.25) is 0 Å². The standard InChI is InChI=1S/C24H28INO6/c1-24(2,3)32-23(29)26-20(22(28)30-15-19-7-5-4-6-8-19)13-17-9-11-18(12-10-17)14-21(27)31-16-25/h4-12,20H,13-16H2,1-3H3,(H,26,29)/t20-/m0/s1. The van der Waals surface area contributed by atoms with Gasteiger partial charge in [0.1, 0.15) is 22.9 Å². The van der Waals surface area contributed by atoms with E-state index in [0.29, 0.717) is 4.61 Å². The second kappa shape index (κ2) is 12.4. The molecule has 172 valence electrons. The number of carbonyl (C=O) groups excluding carboxylic acids is 3. The van der Waals surface area contributed by atoms with E-state index in [-0.39, 0.29) is 25.4 Å². The van der Waals surface area contributed by atoms with Crippen LogP contribution >= 0.6 is 22.6 Å². The van der Waals surface area contributed by atoms with Crippen LogP contribution in [-0.2, 0) is 43.2 Å². The normalized spacial score (nSPS) is 11.9. The van der Waals surface area contributed by atoms with E-state index in [0.717, 1.165) is 16.7 Å². The third-order valence-corrected chi connectivity index (χ3v) is 4.54. The first-order chi connectivity index (χ1) is 15.2. The summed E-state index contributed by atoms with van der Waals surface area (Å²) >= 11 is 1.97. The van der Waals surface area contributed by atoms with Crippen molar-refractivity contribution in [3.8, 4) is 0 Å². The van der Waals surface area contributed by atoms with Crippen LogP contribution in [0.4, 0.5) is 4.79 Å². The van der Waals surface area contributed by atoms with E-state index >= 15 is 0 Å². The zero-order valence-electron chi connectivity index (χ0n) is 18.4. The van der Waals surface area contributed by atoms with Gasteiger partial charge in [0.15, 0.2) is 0 Å². The summed E-state index contributed by atoms with van der Waals surface area (Å²) in [5.74, 6) is -0.865. The van der Waals surface area contributed by atoms with E-state index in [1.165, 1.54) is 0 Å². The molecule has 8 heteroatoms. The summed E-state index contributed by atoms with van der Waals surface area (Å²) in [6.07, 6.45) is -0.315. The molecule has 0 aliphatic carbocycles. The molecule has 2 aromatic carbocycles. The number of alkyl carbamates (subject to hydrolysis) is 1. The quantitative estimate of drug-likeness (QED) is 0.215. The minimum atomic E-state index is -0.927. The van der Waals surface area contributed by atoms with Crippen LogP contribution in [-0.4, -0.2) is 34.3 Å². The lowest BCUT2D eigenvalue weighted by molar-refractivity contribution is -0.147. The summed E-state index contributed by atoms with van der Waals surface area (Å²) in [6.45, 7) is 5.34. The zero-order valence-corrected chi connectivity index (χ0v) is 20.6. The highest BCUT2D eigenvalue weighted by atomic mass is 127. The van der Waals surface area contributed by atoms with Gasteiger partial charge in [-0.3, -0.25) is 4.79 Å². The maximum atomic E-state index is 12.8. The minimum Gasteiger partial charge on any atom is -0.459 e. The molecule has 7 nitrogen and oxygen atoms in total. The fraction of sp³-hybridized carbons (Fsp3) is 0.375. The molecule has 1 atom stereocenters. The number of nitrogens with one attached hydrogen (secondary N) is 1. The first-order valence-corrected chi connectivity index (χ1v) is 11.7. The summed E-state index contributed by atoms with van der Waals surface area (Å²) in [5.41, 5.74) is 1.75. The molecule has 2 aromatic rings. The van der Waals surface area contributed by atoms with Gasteiger partial charge in [-0.1, -0.05) is 54.6 Å². The molecule has 1 amide bonds. The highest BCUT2D eigenvalue weighted by Crippen LogP contribution is 2.12. The molecule has 0 radical (unpaired) electrons. The first kappa shape index (κ1) is 25.6. The topological polar surface area (TPSA) is 90.9 Å². The number of hydrogen-bond acceptors (Lipinski definition) is 6. The van der Waals surface area contributed by atoms with Crippen molar-refractivity contribution in [2.24, 2.45) is 0 Å². The van der Waals surface area contributed by atoms with Gasteiger partial charge in [0.05, 0.1) is 6.42 Å². The van der Waals surface area contributed by atoms with Gasteiger partial charge >= 0.3 is 18.0 Å². The Morgan fingerprint density at radius 2 is 1.53 bits per heavy atom. The molecule has 32 heavy (non-hydrogen) atoms. The van der Waals surface area contributed by atoms with Crippen molar-refractivity contribution in [3.05, 3.63) is 71.3 Å². The second-order valence-electron chi connectivity index (χ2n) is 8.11. The van der Waals surface area contributed by atoms with Crippen LogP contribution in [0.15, 0.2) is 54.6 Å². The van der Waals surface area contributed by atoms with E-state index in [1.807, 2.05) is 52.9 Å². The van der Waals surface area contributed by atoms with Gasteiger partial charge in [0, 0.05) is 6.42 Å². The molecule has 1 N–H and O–H groups in total. The summed E-state index contributed by atoms with van der Waals surface area (Å²) in [5, 5.41) is 2.61. The number of rotatable bonds is 9. The van der Waals surface area contributed by atoms with Gasteiger partial charge in [-0.2, -0.15) is 0 Å². The Kier molecular flexibility index (Phi) is 9.96. The molecule has 0 aromatic heterocycles. The molecular weight excluding hydrogens is 525 g/mol. The SMILES string of the molecule is CC(C)(C)OC(=O)N[C@@H](Cc1ccc(CC(=O)OCI)cc1)C(=O)OCc1ccccc1. The molecule has 2 rings (SSSR count). The van der Waals surface area contributed by atoms with Crippen LogP contribution in [0.2, 0.25) is 0 Å². The van der Waals surface area contributed by atoms with Gasteiger partial charge in [-0.15, -0.1) is 0 Å². The summed E-state index contributed by atoms with van der Waals surface area (Å²) in [4.78, 5) is 36.7. The van der Waals surface area contributed by atoms with Crippen molar-refractivity contribution in [1.29, 1.82) is 0 Å². The van der Waals surface area contributed by atoms with Crippen LogP contribution in [0.1, 0.15) is 37.5 Å². The van der Waals surface area contributed by atoms with Crippen molar-refractivity contribution in [2.45, 2.75) is 51.9 Å². The van der Waals surface area contributed by atoms with E-state index < -0.39 is 23.7 Å². The number of amides is 1. The summed E-state index contributed by atoms with van der Waals surface area (Å²) < 4.78 is 16.0. The Morgan fingerprint density at radius 1 is 0.906 bits per heavy atom. The van der Waals surface area contributed by atoms with Gasteiger partial charge in [-0.05, 0) is 60.1 Å². The average Bonchev–Trinajstić information content (AvgIpc) is 2.72. The number of alkyl halides is 1. The van der Waals surface area contributed by atoms with Crippen LogP contribution < -0.4 is 5.32 Å². The molecule has 0 heterocycles. The monoisotopic (exact) mass is 553 g/mol. The molecular formula is C24H28INO6. The number of halogens is 1. The third kappa shape index (κ3) is 9.67. The van der Waals surface area contributed by atoms with E-state index in [1.54, 1.807) is 45.0 Å². The van der Waals surface area contributed by atoms with E-state index in [4.69, 9.17) is 14.2 Å². The Morgan fingerprint density at radius 3 is 2.12 bits per heavy atom. The highest BCUT2D eigenvalue weighted by molar-refractivity contribution is 14.1. The zero-order chi connectivity index (χ0) is 23.6. The van der Waals surface area contributed by atoms with Crippen molar-refractivity contribution < 1.29 is 28.6 Å². The molecule has 0 bridgehead atoms. The molecule has 0 aliphatic rings. The maximum absolute atomic E-state index is 12.8. The summed E-state index contributed by atoms with van der Waals surface area (Å²) in [7, 11) is 0. The number of ether oxygens (including phenoxy) is 3. The molecule has 0 spiro atoms. The first-order valence-electron chi connectivity index (χ1n) is 10.2. The fourth-order valence-corrected chi connectivity index (χ4v) is 3.13. The highest BCUT2D eigenvalue weighted by Gasteiger charge is 2.26. The fourth-order valence-electron chi connectivity index (χ4n) is 2.78. The van der Waals surface area contributed by atoms with Crippen molar-refractivity contribution in [2.75, 3.05) is 4.61 Å². The van der Waals surface area contributed by atoms with Gasteiger partial charge < -0.3 is 19.5 Å². The maximum Gasteiger partial charge on any atom is 0.408 e. The summed E-state index contributed by atoms with van der Waals surface area (Å²) in [6, 6.07) is 15.6. The van der Waals surface area contributed by atoms with Crippen LogP contribution in [0.5, 0.6) is 0 Å². The van der Waals surface area contributed by atoms with Crippen molar-refractivity contribution in [1.82, 2.24) is 5.32 Å². The average molecular weight is 553 g/mol. The smallest absolute Gasteiger partial charge is 0.408 e. The third-order valence-electron chi connectivity index (χ3n) is 4.23. The molecule has 0 fully saturated rings. The lowest BCUT2D eigenvalue weighted by Gasteiger charge is -2.23. The van der Waals surface area contributed by atoms with Crippen LogP contribution in [0.25, 0.3) is 0 Å². The minimum absolute atomic E-state index is 0.101. The van der Waals surface area contributed by atoms with Crippen LogP contribution in [0.3, 0.4) is 0 Å². The number of esters is 2. The lowest BCUT2D eigenvalue weighted by atomic mass is 10.0. The largest absolute Gasteiger partial charge is 0.459 e. The Bertz CT molecular complexity index is 893.